The average molecular weight is 332 g/mol. The summed E-state index contributed by atoms with van der Waals surface area (Å²) in [7, 11) is 0. The van der Waals surface area contributed by atoms with E-state index in [0.29, 0.717) is 24.8 Å². The lowest BCUT2D eigenvalue weighted by Crippen LogP contribution is -2.42. The van der Waals surface area contributed by atoms with Gasteiger partial charge in [0, 0.05) is 19.0 Å². The molecule has 2 amide bonds. The molecule has 4 nitrogen and oxygen atoms in total. The molecule has 0 radical (unpaired) electrons. The van der Waals surface area contributed by atoms with Gasteiger partial charge >= 0.3 is 12.4 Å². The molecule has 126 valence electrons. The summed E-state index contributed by atoms with van der Waals surface area (Å²) in [6.45, 7) is 0.0546. The Morgan fingerprint density at radius 2 is 2.04 bits per heavy atom. The van der Waals surface area contributed by atoms with Crippen LogP contribution in [-0.2, 0) is 6.54 Å². The van der Waals surface area contributed by atoms with E-state index in [2.05, 4.69) is 15.4 Å². The zero-order valence-corrected chi connectivity index (χ0v) is 12.1. The average Bonchev–Trinajstić information content (AvgIpc) is 2.86. The summed E-state index contributed by atoms with van der Waals surface area (Å²) >= 11 is 0. The highest BCUT2D eigenvalue weighted by atomic mass is 19.4. The van der Waals surface area contributed by atoms with Crippen molar-refractivity contribution in [2.45, 2.75) is 43.9 Å². The predicted molar refractivity (Wildman–Crippen MR) is 73.5 cm³/mol. The molecule has 3 fully saturated rings. The van der Waals surface area contributed by atoms with Gasteiger partial charge in [-0.2, -0.15) is 0 Å². The molecule has 1 aromatic rings. The standard InChI is InChI=1S/C15H16F4N2O2/c16-14-5-10(6-14)12(7-14)21-13(22)20-8-9-2-1-3-11(4-9)23-15(17,18)19/h1-4,10,12H,5-8H2,(H2,20,21,22). The molecular formula is C15H16F4N2O2. The Labute approximate surface area is 130 Å². The van der Waals surface area contributed by atoms with Gasteiger partial charge in [-0.15, -0.1) is 13.2 Å². The summed E-state index contributed by atoms with van der Waals surface area (Å²) < 4.78 is 54.0. The number of benzene rings is 1. The van der Waals surface area contributed by atoms with E-state index in [1.165, 1.54) is 18.2 Å². The van der Waals surface area contributed by atoms with Crippen molar-refractivity contribution in [1.29, 1.82) is 0 Å². The molecule has 3 saturated carbocycles. The maximum absolute atomic E-state index is 13.7. The molecule has 23 heavy (non-hydrogen) atoms. The van der Waals surface area contributed by atoms with E-state index in [-0.39, 0.29) is 24.3 Å². The van der Waals surface area contributed by atoms with Crippen LogP contribution in [0.5, 0.6) is 5.75 Å². The number of urea groups is 1. The minimum atomic E-state index is -4.75. The molecule has 8 heteroatoms. The van der Waals surface area contributed by atoms with Crippen LogP contribution in [-0.4, -0.2) is 24.1 Å². The van der Waals surface area contributed by atoms with Crippen molar-refractivity contribution in [3.8, 4) is 5.75 Å². The molecular weight excluding hydrogens is 316 g/mol. The predicted octanol–water partition coefficient (Wildman–Crippen LogP) is 3.28. The van der Waals surface area contributed by atoms with E-state index in [1.54, 1.807) is 6.07 Å². The molecule has 2 bridgehead atoms. The van der Waals surface area contributed by atoms with E-state index >= 15 is 0 Å². The fraction of sp³-hybridized carbons (Fsp3) is 0.533. The highest BCUT2D eigenvalue weighted by Crippen LogP contribution is 2.54. The largest absolute Gasteiger partial charge is 0.573 e. The number of alkyl halides is 4. The van der Waals surface area contributed by atoms with E-state index in [0.717, 1.165) is 0 Å². The second-order valence-electron chi connectivity index (χ2n) is 6.15. The molecule has 0 aliphatic heterocycles. The molecule has 0 saturated heterocycles. The van der Waals surface area contributed by atoms with E-state index in [9.17, 15) is 22.4 Å². The topological polar surface area (TPSA) is 50.4 Å². The first-order valence-corrected chi connectivity index (χ1v) is 7.30. The van der Waals surface area contributed by atoms with Gasteiger partial charge in [-0.1, -0.05) is 12.1 Å². The van der Waals surface area contributed by atoms with Gasteiger partial charge in [-0.25, -0.2) is 9.18 Å². The number of hydrogen-bond donors (Lipinski definition) is 2. The van der Waals surface area contributed by atoms with E-state index in [1.807, 2.05) is 0 Å². The molecule has 3 aliphatic carbocycles. The fourth-order valence-corrected chi connectivity index (χ4v) is 3.32. The summed E-state index contributed by atoms with van der Waals surface area (Å²) in [5.41, 5.74) is -0.647. The fourth-order valence-electron chi connectivity index (χ4n) is 3.32. The zero-order valence-electron chi connectivity index (χ0n) is 12.1. The summed E-state index contributed by atoms with van der Waals surface area (Å²) in [5.74, 6) is -0.151. The van der Waals surface area contributed by atoms with Gasteiger partial charge in [0.1, 0.15) is 11.4 Å². The van der Waals surface area contributed by atoms with Crippen LogP contribution < -0.4 is 15.4 Å². The Hall–Kier alpha value is -1.99. The maximum Gasteiger partial charge on any atom is 0.573 e. The van der Waals surface area contributed by atoms with E-state index < -0.39 is 18.1 Å². The Morgan fingerprint density at radius 1 is 1.30 bits per heavy atom. The number of amides is 2. The minimum absolute atomic E-state index is 0.0546. The number of rotatable bonds is 4. The number of carbonyl (C=O) groups is 1. The number of fused-ring (bicyclic) bond motifs is 1. The second kappa shape index (κ2) is 5.58. The van der Waals surface area contributed by atoms with Gasteiger partial charge in [0.2, 0.25) is 0 Å². The van der Waals surface area contributed by atoms with Crippen molar-refractivity contribution < 1.29 is 27.1 Å². The molecule has 0 heterocycles. The number of halogens is 4. The normalized spacial score (nSPS) is 28.9. The summed E-state index contributed by atoms with van der Waals surface area (Å²) in [4.78, 5) is 11.8. The molecule has 3 aliphatic rings. The van der Waals surface area contributed by atoms with Gasteiger partial charge in [0.25, 0.3) is 0 Å². The quantitative estimate of drug-likeness (QED) is 0.832. The lowest BCUT2D eigenvalue weighted by Gasteiger charge is -2.30. The van der Waals surface area contributed by atoms with Gasteiger partial charge < -0.3 is 15.4 Å². The van der Waals surface area contributed by atoms with Crippen molar-refractivity contribution in [3.05, 3.63) is 29.8 Å². The van der Waals surface area contributed by atoms with Gasteiger partial charge in [-0.05, 0) is 36.5 Å². The maximum atomic E-state index is 13.7. The first-order valence-electron chi connectivity index (χ1n) is 7.30. The second-order valence-corrected chi connectivity index (χ2v) is 6.15. The summed E-state index contributed by atoms with van der Waals surface area (Å²) in [6, 6.07) is 4.76. The number of ether oxygens (including phenoxy) is 1. The van der Waals surface area contributed by atoms with Crippen LogP contribution in [0, 0.1) is 5.92 Å². The third kappa shape index (κ3) is 3.86. The lowest BCUT2D eigenvalue weighted by atomic mass is 9.81. The molecule has 1 atom stereocenters. The third-order valence-electron chi connectivity index (χ3n) is 4.31. The van der Waals surface area contributed by atoms with Gasteiger partial charge in [0.15, 0.2) is 0 Å². The highest BCUT2D eigenvalue weighted by molar-refractivity contribution is 5.74. The Kier molecular flexibility index (Phi) is 3.85. The van der Waals surface area contributed by atoms with Gasteiger partial charge in [0.05, 0.1) is 0 Å². The van der Waals surface area contributed by atoms with Crippen molar-refractivity contribution in [1.82, 2.24) is 10.6 Å². The SMILES string of the molecule is O=C(NCc1cccc(OC(F)(F)F)c1)NC1CC2(F)CC1C2. The molecule has 2 N–H and O–H groups in total. The summed E-state index contributed by atoms with van der Waals surface area (Å²) in [6.07, 6.45) is -3.43. The third-order valence-corrected chi connectivity index (χ3v) is 4.31. The smallest absolute Gasteiger partial charge is 0.406 e. The van der Waals surface area contributed by atoms with Crippen LogP contribution in [0.25, 0.3) is 0 Å². The number of carbonyl (C=O) groups excluding carboxylic acids is 1. The lowest BCUT2D eigenvalue weighted by molar-refractivity contribution is -0.274. The van der Waals surface area contributed by atoms with Crippen molar-refractivity contribution >= 4 is 6.03 Å². The first-order chi connectivity index (χ1) is 10.7. The number of nitrogens with one attached hydrogen (secondary N) is 2. The van der Waals surface area contributed by atoms with Crippen molar-refractivity contribution in [2.75, 3.05) is 0 Å². The van der Waals surface area contributed by atoms with Crippen molar-refractivity contribution in [3.63, 3.8) is 0 Å². The van der Waals surface area contributed by atoms with Crippen LogP contribution >= 0.6 is 0 Å². The minimum Gasteiger partial charge on any atom is -0.406 e. The van der Waals surface area contributed by atoms with Gasteiger partial charge in [-0.3, -0.25) is 0 Å². The highest BCUT2D eigenvalue weighted by Gasteiger charge is 2.57. The van der Waals surface area contributed by atoms with Crippen LogP contribution in [0.3, 0.4) is 0 Å². The Balaban J connectivity index is 1.48. The Bertz CT molecular complexity index is 599. The van der Waals surface area contributed by atoms with Crippen LogP contribution in [0.4, 0.5) is 22.4 Å². The van der Waals surface area contributed by atoms with Crippen LogP contribution in [0.2, 0.25) is 0 Å². The Morgan fingerprint density at radius 3 is 2.65 bits per heavy atom. The van der Waals surface area contributed by atoms with E-state index in [4.69, 9.17) is 0 Å². The molecule has 1 aromatic carbocycles. The molecule has 1 unspecified atom stereocenters. The molecule has 0 spiro atoms. The van der Waals surface area contributed by atoms with Crippen molar-refractivity contribution in [2.24, 2.45) is 5.92 Å². The molecule has 4 rings (SSSR count). The number of hydrogen-bond acceptors (Lipinski definition) is 2. The zero-order chi connectivity index (χ0) is 16.7. The van der Waals surface area contributed by atoms with Crippen LogP contribution in [0.1, 0.15) is 24.8 Å². The van der Waals surface area contributed by atoms with Crippen LogP contribution in [0.15, 0.2) is 24.3 Å². The molecule has 0 aromatic heterocycles. The monoisotopic (exact) mass is 332 g/mol. The first kappa shape index (κ1) is 15.9. The summed E-state index contributed by atoms with van der Waals surface area (Å²) in [5, 5.41) is 5.28.